The molecule has 0 fully saturated rings. The molecule has 1 aromatic carbocycles. The maximum absolute atomic E-state index is 12.0. The van der Waals surface area contributed by atoms with Gasteiger partial charge in [-0.25, -0.2) is 5.43 Å². The summed E-state index contributed by atoms with van der Waals surface area (Å²) >= 11 is 0. The number of hydrazone groups is 1. The summed E-state index contributed by atoms with van der Waals surface area (Å²) in [4.78, 5) is 23.8. The highest BCUT2D eigenvalue weighted by Crippen LogP contribution is 2.24. The zero-order valence-electron chi connectivity index (χ0n) is 15.9. The van der Waals surface area contributed by atoms with E-state index in [9.17, 15) is 9.59 Å². The zero-order valence-corrected chi connectivity index (χ0v) is 15.9. The molecule has 0 aliphatic heterocycles. The fourth-order valence-electron chi connectivity index (χ4n) is 2.67. The molecule has 0 unspecified atom stereocenters. The molecule has 6 nitrogen and oxygen atoms in total. The summed E-state index contributed by atoms with van der Waals surface area (Å²) in [6.07, 6.45) is 0.558. The summed E-state index contributed by atoms with van der Waals surface area (Å²) < 4.78 is 10.6. The van der Waals surface area contributed by atoms with E-state index in [0.717, 1.165) is 16.7 Å². The number of nitrogens with one attached hydrogen (secondary N) is 1. The van der Waals surface area contributed by atoms with Crippen LogP contribution in [0.5, 0.6) is 5.75 Å². The van der Waals surface area contributed by atoms with Crippen molar-refractivity contribution in [3.63, 3.8) is 0 Å². The summed E-state index contributed by atoms with van der Waals surface area (Å²) in [6.45, 7) is 11.4. The Bertz CT molecular complexity index is 630. The van der Waals surface area contributed by atoms with E-state index < -0.39 is 5.92 Å². The number of aryl methyl sites for hydroxylation is 3. The van der Waals surface area contributed by atoms with Crippen molar-refractivity contribution < 1.29 is 19.1 Å². The van der Waals surface area contributed by atoms with Gasteiger partial charge in [0.05, 0.1) is 12.5 Å². The number of benzene rings is 1. The smallest absolute Gasteiger partial charge is 0.314 e. The highest BCUT2D eigenvalue weighted by atomic mass is 16.5. The summed E-state index contributed by atoms with van der Waals surface area (Å²) in [6, 6.07) is 4.02. The number of hydrogen-bond acceptors (Lipinski definition) is 5. The number of nitrogens with zero attached hydrogens (tertiary/aromatic N) is 1. The molecule has 1 N–H and O–H groups in total. The van der Waals surface area contributed by atoms with Crippen molar-refractivity contribution >= 4 is 17.6 Å². The van der Waals surface area contributed by atoms with Crippen molar-refractivity contribution in [2.24, 2.45) is 11.0 Å². The number of ether oxygens (including phenoxy) is 2. The van der Waals surface area contributed by atoms with E-state index in [-0.39, 0.29) is 18.5 Å². The van der Waals surface area contributed by atoms with Gasteiger partial charge in [0.15, 0.2) is 6.61 Å². The summed E-state index contributed by atoms with van der Waals surface area (Å²) in [5.74, 6) is -0.456. The first-order valence-corrected chi connectivity index (χ1v) is 8.50. The van der Waals surface area contributed by atoms with Crippen LogP contribution in [0.4, 0.5) is 0 Å². The molecule has 0 spiro atoms. The standard InChI is InChI=1S/C19H28N2O4/c1-7-16(19(23)24-8-2)15(6)20-21-17(22)11-25-18-13(4)9-12(3)10-14(18)5/h9-10,16H,7-8,11H2,1-6H3,(H,21,22)/b20-15+/t16-/m0/s1. The molecule has 0 aliphatic rings. The molecule has 1 aromatic rings. The molecule has 138 valence electrons. The molecule has 0 saturated heterocycles. The van der Waals surface area contributed by atoms with Crippen LogP contribution in [0.3, 0.4) is 0 Å². The molecule has 0 saturated carbocycles. The maximum Gasteiger partial charge on any atom is 0.314 e. The van der Waals surface area contributed by atoms with Crippen LogP contribution in [0.1, 0.15) is 43.9 Å². The molecule has 1 rings (SSSR count). The predicted octanol–water partition coefficient (Wildman–Crippen LogP) is 3.07. The van der Waals surface area contributed by atoms with Crippen LogP contribution in [-0.4, -0.2) is 30.8 Å². The van der Waals surface area contributed by atoms with E-state index in [1.54, 1.807) is 13.8 Å². The number of amides is 1. The van der Waals surface area contributed by atoms with E-state index in [1.165, 1.54) is 0 Å². The monoisotopic (exact) mass is 348 g/mol. The first-order valence-electron chi connectivity index (χ1n) is 8.50. The Labute approximate surface area is 149 Å². The van der Waals surface area contributed by atoms with Crippen LogP contribution in [0.2, 0.25) is 0 Å². The summed E-state index contributed by atoms with van der Waals surface area (Å²) in [7, 11) is 0. The number of carbonyl (C=O) groups excluding carboxylic acids is 2. The minimum absolute atomic E-state index is 0.141. The van der Waals surface area contributed by atoms with Gasteiger partial charge in [0.2, 0.25) is 0 Å². The molecule has 0 bridgehead atoms. The van der Waals surface area contributed by atoms with E-state index in [2.05, 4.69) is 10.5 Å². The van der Waals surface area contributed by atoms with E-state index >= 15 is 0 Å². The molecule has 6 heteroatoms. The van der Waals surface area contributed by atoms with Crippen molar-refractivity contribution in [3.05, 3.63) is 28.8 Å². The lowest BCUT2D eigenvalue weighted by molar-refractivity contribution is -0.145. The van der Waals surface area contributed by atoms with Crippen LogP contribution >= 0.6 is 0 Å². The largest absolute Gasteiger partial charge is 0.483 e. The number of hydrogen-bond donors (Lipinski definition) is 1. The molecule has 1 amide bonds. The molecule has 1 atom stereocenters. The van der Waals surface area contributed by atoms with Gasteiger partial charge in [0, 0.05) is 5.71 Å². The molecule has 0 aliphatic carbocycles. The predicted molar refractivity (Wildman–Crippen MR) is 97.8 cm³/mol. The zero-order chi connectivity index (χ0) is 19.0. The fraction of sp³-hybridized carbons (Fsp3) is 0.526. The fourth-order valence-corrected chi connectivity index (χ4v) is 2.67. The lowest BCUT2D eigenvalue weighted by atomic mass is 10.0. The Morgan fingerprint density at radius 3 is 2.28 bits per heavy atom. The van der Waals surface area contributed by atoms with Gasteiger partial charge in [-0.05, 0) is 52.2 Å². The van der Waals surface area contributed by atoms with Gasteiger partial charge in [-0.15, -0.1) is 0 Å². The van der Waals surface area contributed by atoms with Gasteiger partial charge in [-0.2, -0.15) is 5.10 Å². The van der Waals surface area contributed by atoms with Crippen LogP contribution in [0, 0.1) is 26.7 Å². The van der Waals surface area contributed by atoms with Crippen LogP contribution in [-0.2, 0) is 14.3 Å². The minimum atomic E-state index is -0.456. The second-order valence-corrected chi connectivity index (χ2v) is 6.02. The Morgan fingerprint density at radius 1 is 1.16 bits per heavy atom. The number of rotatable bonds is 8. The highest BCUT2D eigenvalue weighted by Gasteiger charge is 2.21. The number of esters is 1. The first kappa shape index (κ1) is 20.7. The average molecular weight is 348 g/mol. The van der Waals surface area contributed by atoms with Crippen LogP contribution in [0.15, 0.2) is 17.2 Å². The minimum Gasteiger partial charge on any atom is -0.483 e. The van der Waals surface area contributed by atoms with E-state index in [1.807, 2.05) is 39.8 Å². The SMILES string of the molecule is CCOC(=O)[C@@H](CC)/C(C)=N/NC(=O)COc1c(C)cc(C)cc1C. The molecule has 0 aromatic heterocycles. The number of carbonyl (C=O) groups is 2. The quantitative estimate of drug-likeness (QED) is 0.445. The normalized spacial score (nSPS) is 12.5. The van der Waals surface area contributed by atoms with E-state index in [4.69, 9.17) is 9.47 Å². The van der Waals surface area contributed by atoms with Crippen molar-refractivity contribution in [2.45, 2.75) is 48.0 Å². The maximum atomic E-state index is 12.0. The first-order chi connectivity index (χ1) is 11.8. The third-order valence-electron chi connectivity index (χ3n) is 3.79. The Balaban J connectivity index is 2.63. The molecular weight excluding hydrogens is 320 g/mol. The van der Waals surface area contributed by atoms with Gasteiger partial charge in [0.1, 0.15) is 5.75 Å². The Morgan fingerprint density at radius 2 is 1.76 bits per heavy atom. The van der Waals surface area contributed by atoms with Crippen LogP contribution in [0.25, 0.3) is 0 Å². The average Bonchev–Trinajstić information content (AvgIpc) is 2.52. The second-order valence-electron chi connectivity index (χ2n) is 6.02. The van der Waals surface area contributed by atoms with Crippen molar-refractivity contribution in [1.82, 2.24) is 5.43 Å². The van der Waals surface area contributed by atoms with Crippen molar-refractivity contribution in [2.75, 3.05) is 13.2 Å². The highest BCUT2D eigenvalue weighted by molar-refractivity contribution is 6.01. The topological polar surface area (TPSA) is 77.0 Å². The molecule has 0 heterocycles. The van der Waals surface area contributed by atoms with Gasteiger partial charge < -0.3 is 9.47 Å². The van der Waals surface area contributed by atoms with Gasteiger partial charge in [-0.3, -0.25) is 9.59 Å². The summed E-state index contributed by atoms with van der Waals surface area (Å²) in [5, 5.41) is 4.01. The third-order valence-corrected chi connectivity index (χ3v) is 3.79. The molecule has 25 heavy (non-hydrogen) atoms. The van der Waals surface area contributed by atoms with Crippen molar-refractivity contribution in [1.29, 1.82) is 0 Å². The Kier molecular flexibility index (Phi) is 8.11. The third kappa shape index (κ3) is 6.21. The van der Waals surface area contributed by atoms with Gasteiger partial charge in [-0.1, -0.05) is 24.6 Å². The lowest BCUT2D eigenvalue weighted by Crippen LogP contribution is -2.29. The molecule has 0 radical (unpaired) electrons. The van der Waals surface area contributed by atoms with E-state index in [0.29, 0.717) is 24.5 Å². The lowest BCUT2D eigenvalue weighted by Gasteiger charge is -2.14. The molecular formula is C19H28N2O4. The van der Waals surface area contributed by atoms with Gasteiger partial charge in [0.25, 0.3) is 5.91 Å². The van der Waals surface area contributed by atoms with Gasteiger partial charge >= 0.3 is 5.97 Å². The van der Waals surface area contributed by atoms with Crippen molar-refractivity contribution in [3.8, 4) is 5.75 Å². The van der Waals surface area contributed by atoms with Crippen LogP contribution < -0.4 is 10.2 Å². The second kappa shape index (κ2) is 9.81. The summed E-state index contributed by atoms with van der Waals surface area (Å²) in [5.41, 5.74) is 6.06. The Hall–Kier alpha value is -2.37.